The quantitative estimate of drug-likeness (QED) is 0.890. The van der Waals surface area contributed by atoms with Gasteiger partial charge in [0.15, 0.2) is 0 Å². The van der Waals surface area contributed by atoms with Gasteiger partial charge in [0, 0.05) is 23.9 Å². The van der Waals surface area contributed by atoms with Crippen LogP contribution in [0.2, 0.25) is 0 Å². The van der Waals surface area contributed by atoms with Crippen molar-refractivity contribution in [3.8, 4) is 11.1 Å². The van der Waals surface area contributed by atoms with Gasteiger partial charge in [0.1, 0.15) is 6.61 Å². The third kappa shape index (κ3) is 2.50. The fourth-order valence-electron chi connectivity index (χ4n) is 5.56. The van der Waals surface area contributed by atoms with Gasteiger partial charge in [-0.05, 0) is 41.5 Å². The van der Waals surface area contributed by atoms with Gasteiger partial charge < -0.3 is 14.7 Å². The minimum atomic E-state index is -0.223. The van der Waals surface area contributed by atoms with E-state index in [0.717, 1.165) is 25.7 Å². The highest BCUT2D eigenvalue weighted by Crippen LogP contribution is 2.49. The number of hydrogen-bond acceptors (Lipinski definition) is 3. The van der Waals surface area contributed by atoms with E-state index < -0.39 is 0 Å². The van der Waals surface area contributed by atoms with E-state index in [1.807, 2.05) is 17.0 Å². The van der Waals surface area contributed by atoms with Crippen molar-refractivity contribution in [2.45, 2.75) is 37.6 Å². The zero-order chi connectivity index (χ0) is 18.4. The number of fused-ring (bicyclic) bond motifs is 4. The van der Waals surface area contributed by atoms with Crippen LogP contribution in [0.25, 0.3) is 11.1 Å². The Morgan fingerprint density at radius 2 is 1.74 bits per heavy atom. The highest BCUT2D eigenvalue weighted by atomic mass is 16.6. The monoisotopic (exact) mass is 363 g/mol. The second-order valence-electron chi connectivity index (χ2n) is 8.18. The van der Waals surface area contributed by atoms with Crippen molar-refractivity contribution in [3.05, 3.63) is 59.7 Å². The number of ether oxygens (including phenoxy) is 1. The molecule has 2 atom stereocenters. The minimum Gasteiger partial charge on any atom is -0.448 e. The van der Waals surface area contributed by atoms with Crippen molar-refractivity contribution >= 4 is 6.09 Å². The number of carbonyl (C=O) groups excluding carboxylic acids is 1. The number of aliphatic hydroxyl groups is 1. The van der Waals surface area contributed by atoms with Crippen LogP contribution in [0, 0.1) is 5.41 Å². The molecular weight excluding hydrogens is 338 g/mol. The summed E-state index contributed by atoms with van der Waals surface area (Å²) in [4.78, 5) is 14.7. The largest absolute Gasteiger partial charge is 0.448 e. The van der Waals surface area contributed by atoms with E-state index >= 15 is 0 Å². The molecule has 2 aliphatic carbocycles. The third-order valence-electron chi connectivity index (χ3n) is 6.97. The number of rotatable bonds is 3. The highest BCUT2D eigenvalue weighted by Gasteiger charge is 2.52. The van der Waals surface area contributed by atoms with Gasteiger partial charge in [0.05, 0.1) is 6.61 Å². The number of nitrogens with zero attached hydrogens (tertiary/aromatic N) is 1. The first-order chi connectivity index (χ1) is 13.2. The van der Waals surface area contributed by atoms with Gasteiger partial charge in [-0.15, -0.1) is 0 Å². The number of amides is 1. The van der Waals surface area contributed by atoms with Crippen LogP contribution in [0.4, 0.5) is 4.79 Å². The summed E-state index contributed by atoms with van der Waals surface area (Å²) in [7, 11) is 0. The Kier molecular flexibility index (Phi) is 3.97. The summed E-state index contributed by atoms with van der Waals surface area (Å²) in [5.74, 6) is 0.0927. The van der Waals surface area contributed by atoms with Crippen LogP contribution in [0.1, 0.15) is 42.7 Å². The Bertz CT molecular complexity index is 834. The number of likely N-dealkylation sites (tertiary alicyclic amines) is 1. The molecule has 5 rings (SSSR count). The molecule has 2 fully saturated rings. The molecule has 4 heteroatoms. The van der Waals surface area contributed by atoms with Crippen LogP contribution in [-0.2, 0) is 4.74 Å². The molecule has 1 N–H and O–H groups in total. The Morgan fingerprint density at radius 1 is 1.07 bits per heavy atom. The van der Waals surface area contributed by atoms with Crippen LogP contribution in [0.5, 0.6) is 0 Å². The lowest BCUT2D eigenvalue weighted by atomic mass is 9.83. The molecule has 1 aliphatic heterocycles. The van der Waals surface area contributed by atoms with E-state index in [1.165, 1.54) is 22.3 Å². The molecule has 0 bridgehead atoms. The van der Waals surface area contributed by atoms with E-state index in [1.54, 1.807) is 0 Å². The summed E-state index contributed by atoms with van der Waals surface area (Å²) in [5.41, 5.74) is 4.86. The van der Waals surface area contributed by atoms with E-state index in [0.29, 0.717) is 13.2 Å². The van der Waals surface area contributed by atoms with Gasteiger partial charge in [-0.3, -0.25) is 0 Å². The second kappa shape index (κ2) is 6.38. The van der Waals surface area contributed by atoms with Gasteiger partial charge >= 0.3 is 6.09 Å². The van der Waals surface area contributed by atoms with Crippen molar-refractivity contribution in [2.75, 3.05) is 19.8 Å². The highest BCUT2D eigenvalue weighted by molar-refractivity contribution is 5.79. The van der Waals surface area contributed by atoms with Crippen molar-refractivity contribution < 1.29 is 14.6 Å². The number of benzene rings is 2. The summed E-state index contributed by atoms with van der Waals surface area (Å²) in [6.07, 6.45) is 3.74. The molecule has 1 saturated carbocycles. The lowest BCUT2D eigenvalue weighted by Crippen LogP contribution is -2.41. The normalized spacial score (nSPS) is 26.0. The standard InChI is InChI=1S/C23H25NO3/c25-15-23-11-5-10-21(23)24(13-12-23)22(26)27-14-20-18-8-3-1-6-16(18)17-7-2-4-9-19(17)20/h1-4,6-9,20-21,25H,5,10-15H2/t21-,23-/m1/s1. The molecule has 0 unspecified atom stereocenters. The first-order valence-electron chi connectivity index (χ1n) is 9.96. The predicted molar refractivity (Wildman–Crippen MR) is 104 cm³/mol. The fraction of sp³-hybridized carbons (Fsp3) is 0.435. The summed E-state index contributed by atoms with van der Waals surface area (Å²) >= 11 is 0. The second-order valence-corrected chi connectivity index (χ2v) is 8.18. The van der Waals surface area contributed by atoms with Gasteiger partial charge in [-0.25, -0.2) is 4.79 Å². The zero-order valence-electron chi connectivity index (χ0n) is 15.4. The Morgan fingerprint density at radius 3 is 2.41 bits per heavy atom. The average Bonchev–Trinajstić information content (AvgIpc) is 3.36. The fourth-order valence-corrected chi connectivity index (χ4v) is 5.56. The van der Waals surface area contributed by atoms with Gasteiger partial charge in [0.2, 0.25) is 0 Å². The van der Waals surface area contributed by atoms with Crippen molar-refractivity contribution in [1.29, 1.82) is 0 Å². The summed E-state index contributed by atoms with van der Waals surface area (Å²) in [6.45, 7) is 1.23. The molecule has 2 aromatic carbocycles. The molecule has 140 valence electrons. The topological polar surface area (TPSA) is 49.8 Å². The van der Waals surface area contributed by atoms with E-state index in [9.17, 15) is 9.90 Å². The number of aliphatic hydroxyl groups excluding tert-OH is 1. The molecular formula is C23H25NO3. The van der Waals surface area contributed by atoms with Crippen molar-refractivity contribution in [1.82, 2.24) is 4.90 Å². The maximum absolute atomic E-state index is 12.8. The summed E-state index contributed by atoms with van der Waals surface area (Å²) in [5, 5.41) is 9.87. The van der Waals surface area contributed by atoms with Gasteiger partial charge in [0.25, 0.3) is 0 Å². The van der Waals surface area contributed by atoms with E-state index in [-0.39, 0.29) is 30.1 Å². The van der Waals surface area contributed by atoms with E-state index in [4.69, 9.17) is 4.74 Å². The molecule has 1 amide bonds. The average molecular weight is 363 g/mol. The van der Waals surface area contributed by atoms with Crippen LogP contribution in [0.3, 0.4) is 0 Å². The molecule has 27 heavy (non-hydrogen) atoms. The zero-order valence-corrected chi connectivity index (χ0v) is 15.4. The predicted octanol–water partition coefficient (Wildman–Crippen LogP) is 4.17. The molecule has 0 radical (unpaired) electrons. The summed E-state index contributed by atoms with van der Waals surface area (Å²) in [6, 6.07) is 16.9. The molecule has 0 spiro atoms. The maximum atomic E-state index is 12.8. The number of carbonyl (C=O) groups is 1. The molecule has 3 aliphatic rings. The molecule has 2 aromatic rings. The SMILES string of the molecule is O=C(OCC1c2ccccc2-c2ccccc21)N1CC[C@@]2(CO)CCC[C@@H]12. The minimum absolute atomic E-state index is 0.0917. The maximum Gasteiger partial charge on any atom is 0.410 e. The number of hydrogen-bond donors (Lipinski definition) is 1. The Balaban J connectivity index is 1.34. The molecule has 1 heterocycles. The lowest BCUT2D eigenvalue weighted by Gasteiger charge is -2.30. The summed E-state index contributed by atoms with van der Waals surface area (Å²) < 4.78 is 5.83. The van der Waals surface area contributed by atoms with Crippen LogP contribution >= 0.6 is 0 Å². The lowest BCUT2D eigenvalue weighted by molar-refractivity contribution is 0.0706. The van der Waals surface area contributed by atoms with Crippen LogP contribution in [0.15, 0.2) is 48.5 Å². The van der Waals surface area contributed by atoms with Gasteiger partial charge in [-0.1, -0.05) is 55.0 Å². The Hall–Kier alpha value is -2.33. The first-order valence-corrected chi connectivity index (χ1v) is 9.96. The molecule has 0 aromatic heterocycles. The van der Waals surface area contributed by atoms with Crippen molar-refractivity contribution in [3.63, 3.8) is 0 Å². The van der Waals surface area contributed by atoms with Crippen LogP contribution < -0.4 is 0 Å². The smallest absolute Gasteiger partial charge is 0.410 e. The molecule has 1 saturated heterocycles. The molecule has 4 nitrogen and oxygen atoms in total. The Labute approximate surface area is 159 Å². The van der Waals surface area contributed by atoms with E-state index in [2.05, 4.69) is 36.4 Å². The van der Waals surface area contributed by atoms with Crippen molar-refractivity contribution in [2.24, 2.45) is 5.41 Å². The van der Waals surface area contributed by atoms with Gasteiger partial charge in [-0.2, -0.15) is 0 Å². The van der Waals surface area contributed by atoms with Crippen LogP contribution in [-0.4, -0.2) is 41.9 Å². The third-order valence-corrected chi connectivity index (χ3v) is 6.97. The first kappa shape index (κ1) is 16.8.